The fourth-order valence-corrected chi connectivity index (χ4v) is 1.86. The Kier molecular flexibility index (Phi) is 3.42. The summed E-state index contributed by atoms with van der Waals surface area (Å²) in [5, 5.41) is 4.17. The molecular weight excluding hydrogens is 307 g/mol. The molecule has 0 unspecified atom stereocenters. The molecule has 0 bridgehead atoms. The number of rotatable bonds is 1. The van der Waals surface area contributed by atoms with Gasteiger partial charge in [-0.25, -0.2) is 4.79 Å². The smallest absolute Gasteiger partial charge is 0.358 e. The average Bonchev–Trinajstić information content (AvgIpc) is 2.22. The van der Waals surface area contributed by atoms with Crippen LogP contribution in [0.3, 0.4) is 0 Å². The quantitative estimate of drug-likeness (QED) is 0.589. The van der Waals surface area contributed by atoms with Gasteiger partial charge in [0.15, 0.2) is 5.69 Å². The van der Waals surface area contributed by atoms with Crippen LogP contribution in [0.2, 0.25) is 0 Å². The van der Waals surface area contributed by atoms with E-state index in [2.05, 4.69) is 27.7 Å². The van der Waals surface area contributed by atoms with Gasteiger partial charge in [-0.05, 0) is 50.3 Å². The largest absolute Gasteiger partial charge is 0.455 e. The van der Waals surface area contributed by atoms with Crippen molar-refractivity contribution in [2.24, 2.45) is 7.05 Å². The zero-order valence-electron chi connectivity index (χ0n) is 9.59. The van der Waals surface area contributed by atoms with Crippen LogP contribution in [0.1, 0.15) is 37.0 Å². The van der Waals surface area contributed by atoms with Crippen LogP contribution in [0.15, 0.2) is 0 Å². The van der Waals surface area contributed by atoms with Crippen LogP contribution in [0.5, 0.6) is 0 Å². The lowest BCUT2D eigenvalue weighted by Gasteiger charge is -2.19. The molecule has 0 atom stereocenters. The van der Waals surface area contributed by atoms with Gasteiger partial charge in [-0.1, -0.05) is 0 Å². The first-order chi connectivity index (χ1) is 6.72. The molecule has 5 heteroatoms. The standard InChI is InChI=1S/C10H15IN2O2/c1-6-7(11)8(13(5)12-6)9(14)15-10(2,3)4/h1-5H3. The topological polar surface area (TPSA) is 44.1 Å². The Balaban J connectivity index is 3.02. The third kappa shape index (κ3) is 2.93. The molecule has 0 spiro atoms. The lowest BCUT2D eigenvalue weighted by molar-refractivity contribution is 0.00563. The monoisotopic (exact) mass is 322 g/mol. The molecule has 0 aromatic carbocycles. The van der Waals surface area contributed by atoms with E-state index in [4.69, 9.17) is 4.74 Å². The molecule has 84 valence electrons. The minimum atomic E-state index is -0.474. The van der Waals surface area contributed by atoms with Gasteiger partial charge in [-0.15, -0.1) is 0 Å². The maximum atomic E-state index is 11.8. The highest BCUT2D eigenvalue weighted by atomic mass is 127. The molecular formula is C10H15IN2O2. The Hall–Kier alpha value is -0.590. The number of ether oxygens (including phenoxy) is 1. The number of esters is 1. The number of carbonyl (C=O) groups is 1. The number of hydrogen-bond donors (Lipinski definition) is 0. The Labute approximate surface area is 103 Å². The van der Waals surface area contributed by atoms with E-state index in [1.807, 2.05) is 27.7 Å². The molecule has 0 saturated carbocycles. The summed E-state index contributed by atoms with van der Waals surface area (Å²) in [6, 6.07) is 0. The van der Waals surface area contributed by atoms with Crippen LogP contribution in [-0.4, -0.2) is 21.4 Å². The summed E-state index contributed by atoms with van der Waals surface area (Å²) in [6.45, 7) is 7.42. The first-order valence-corrected chi connectivity index (χ1v) is 5.72. The molecule has 0 radical (unpaired) electrons. The van der Waals surface area contributed by atoms with Crippen molar-refractivity contribution in [3.8, 4) is 0 Å². The number of hydrogen-bond acceptors (Lipinski definition) is 3. The van der Waals surface area contributed by atoms with Crippen molar-refractivity contribution in [3.63, 3.8) is 0 Å². The molecule has 1 heterocycles. The van der Waals surface area contributed by atoms with Crippen molar-refractivity contribution in [3.05, 3.63) is 15.0 Å². The Morgan fingerprint density at radius 2 is 2.00 bits per heavy atom. The summed E-state index contributed by atoms with van der Waals surface area (Å²) in [5.74, 6) is -0.324. The molecule has 0 fully saturated rings. The SMILES string of the molecule is Cc1nn(C)c(C(=O)OC(C)(C)C)c1I. The molecule has 0 aliphatic heterocycles. The van der Waals surface area contributed by atoms with E-state index in [0.29, 0.717) is 5.69 Å². The predicted octanol–water partition coefficient (Wildman–Crippen LogP) is 2.29. The number of carbonyl (C=O) groups excluding carboxylic acids is 1. The van der Waals surface area contributed by atoms with Crippen LogP contribution < -0.4 is 0 Å². The van der Waals surface area contributed by atoms with Crippen molar-refractivity contribution in [1.29, 1.82) is 0 Å². The second-order valence-corrected chi connectivity index (χ2v) is 5.45. The van der Waals surface area contributed by atoms with E-state index in [1.165, 1.54) is 0 Å². The fraction of sp³-hybridized carbons (Fsp3) is 0.600. The van der Waals surface area contributed by atoms with Gasteiger partial charge in [0.1, 0.15) is 5.60 Å². The van der Waals surface area contributed by atoms with E-state index in [-0.39, 0.29) is 5.97 Å². The second-order valence-electron chi connectivity index (χ2n) is 4.37. The van der Waals surface area contributed by atoms with E-state index in [0.717, 1.165) is 9.26 Å². The lowest BCUT2D eigenvalue weighted by Crippen LogP contribution is -2.25. The minimum absolute atomic E-state index is 0.324. The van der Waals surface area contributed by atoms with Crippen molar-refractivity contribution in [2.75, 3.05) is 0 Å². The zero-order valence-corrected chi connectivity index (χ0v) is 11.7. The van der Waals surface area contributed by atoms with Gasteiger partial charge < -0.3 is 4.74 Å². The highest BCUT2D eigenvalue weighted by Gasteiger charge is 2.24. The molecule has 15 heavy (non-hydrogen) atoms. The maximum absolute atomic E-state index is 11.8. The van der Waals surface area contributed by atoms with E-state index in [9.17, 15) is 4.79 Å². The zero-order chi connectivity index (χ0) is 11.8. The van der Waals surface area contributed by atoms with E-state index < -0.39 is 5.60 Å². The summed E-state index contributed by atoms with van der Waals surface area (Å²) in [5.41, 5.74) is 0.889. The summed E-state index contributed by atoms with van der Waals surface area (Å²) >= 11 is 2.11. The van der Waals surface area contributed by atoms with Crippen molar-refractivity contribution in [1.82, 2.24) is 9.78 Å². The van der Waals surface area contributed by atoms with Gasteiger partial charge in [0, 0.05) is 7.05 Å². The number of aryl methyl sites for hydroxylation is 2. The minimum Gasteiger partial charge on any atom is -0.455 e. The van der Waals surface area contributed by atoms with E-state index >= 15 is 0 Å². The lowest BCUT2D eigenvalue weighted by atomic mass is 10.2. The Morgan fingerprint density at radius 1 is 1.47 bits per heavy atom. The van der Waals surface area contributed by atoms with Crippen LogP contribution >= 0.6 is 22.6 Å². The molecule has 1 aromatic rings. The molecule has 0 aliphatic rings. The fourth-order valence-electron chi connectivity index (χ4n) is 1.18. The first kappa shape index (κ1) is 12.5. The first-order valence-electron chi connectivity index (χ1n) is 4.65. The maximum Gasteiger partial charge on any atom is 0.358 e. The summed E-state index contributed by atoms with van der Waals surface area (Å²) < 4.78 is 7.71. The molecule has 0 N–H and O–H groups in total. The van der Waals surface area contributed by atoms with Crippen LogP contribution in [-0.2, 0) is 11.8 Å². The highest BCUT2D eigenvalue weighted by molar-refractivity contribution is 14.1. The Morgan fingerprint density at radius 3 is 2.33 bits per heavy atom. The van der Waals surface area contributed by atoms with Gasteiger partial charge in [-0.3, -0.25) is 4.68 Å². The number of aromatic nitrogens is 2. The van der Waals surface area contributed by atoms with Gasteiger partial charge in [0.2, 0.25) is 0 Å². The molecule has 1 rings (SSSR count). The van der Waals surface area contributed by atoms with Crippen LogP contribution in [0, 0.1) is 10.5 Å². The summed E-state index contributed by atoms with van der Waals surface area (Å²) in [6.07, 6.45) is 0. The summed E-state index contributed by atoms with van der Waals surface area (Å²) in [7, 11) is 1.74. The molecule has 4 nitrogen and oxygen atoms in total. The van der Waals surface area contributed by atoms with Gasteiger partial charge in [0.25, 0.3) is 0 Å². The van der Waals surface area contributed by atoms with Crippen molar-refractivity contribution < 1.29 is 9.53 Å². The highest BCUT2D eigenvalue weighted by Crippen LogP contribution is 2.19. The van der Waals surface area contributed by atoms with Gasteiger partial charge in [0.05, 0.1) is 9.26 Å². The van der Waals surface area contributed by atoms with Crippen LogP contribution in [0.4, 0.5) is 0 Å². The number of nitrogens with zero attached hydrogens (tertiary/aromatic N) is 2. The molecule has 0 amide bonds. The van der Waals surface area contributed by atoms with Crippen LogP contribution in [0.25, 0.3) is 0 Å². The predicted molar refractivity (Wildman–Crippen MR) is 65.8 cm³/mol. The van der Waals surface area contributed by atoms with Gasteiger partial charge in [-0.2, -0.15) is 5.10 Å². The molecule has 0 aliphatic carbocycles. The van der Waals surface area contributed by atoms with Crippen molar-refractivity contribution >= 4 is 28.6 Å². The molecule has 1 aromatic heterocycles. The van der Waals surface area contributed by atoms with E-state index in [1.54, 1.807) is 11.7 Å². The second kappa shape index (κ2) is 4.11. The summed E-state index contributed by atoms with van der Waals surface area (Å²) in [4.78, 5) is 11.8. The third-order valence-electron chi connectivity index (χ3n) is 1.74. The Bertz CT molecular complexity index is 391. The molecule has 0 saturated heterocycles. The average molecular weight is 322 g/mol. The third-order valence-corrected chi connectivity index (χ3v) is 3.03. The normalized spacial score (nSPS) is 11.6. The van der Waals surface area contributed by atoms with Gasteiger partial charge >= 0.3 is 5.97 Å². The van der Waals surface area contributed by atoms with Crippen molar-refractivity contribution in [2.45, 2.75) is 33.3 Å². The number of halogens is 1.